The van der Waals surface area contributed by atoms with Gasteiger partial charge >= 0.3 is 6.09 Å². The van der Waals surface area contributed by atoms with E-state index in [1.807, 2.05) is 13.8 Å². The second-order valence-electron chi connectivity index (χ2n) is 7.35. The zero-order valence-electron chi connectivity index (χ0n) is 16.1. The fourth-order valence-electron chi connectivity index (χ4n) is 3.70. The van der Waals surface area contributed by atoms with Crippen LogP contribution >= 0.6 is 0 Å². The first-order chi connectivity index (χ1) is 13.0. The number of aryl methyl sites for hydroxylation is 1. The SMILES string of the molecule is CCOC(=O)N1CCC(N[C@H]2CC[C@H]2NC(=O)Cn2nc(C)cc2N)CC1. The summed E-state index contributed by atoms with van der Waals surface area (Å²) in [5.41, 5.74) is 6.64. The zero-order valence-corrected chi connectivity index (χ0v) is 16.1. The molecule has 150 valence electrons. The number of carbonyl (C=O) groups is 2. The molecule has 1 saturated heterocycles. The molecule has 9 nitrogen and oxygen atoms in total. The number of nitrogen functional groups attached to an aromatic ring is 1. The van der Waals surface area contributed by atoms with Crippen molar-refractivity contribution in [2.45, 2.75) is 64.2 Å². The van der Waals surface area contributed by atoms with Crippen LogP contribution < -0.4 is 16.4 Å². The minimum absolute atomic E-state index is 0.0709. The zero-order chi connectivity index (χ0) is 19.4. The second kappa shape index (κ2) is 8.60. The number of hydrogen-bond donors (Lipinski definition) is 3. The third-order valence-corrected chi connectivity index (χ3v) is 5.32. The van der Waals surface area contributed by atoms with Gasteiger partial charge in [-0.25, -0.2) is 9.48 Å². The Labute approximate surface area is 159 Å². The summed E-state index contributed by atoms with van der Waals surface area (Å²) in [6, 6.07) is 2.54. The monoisotopic (exact) mass is 378 g/mol. The lowest BCUT2D eigenvalue weighted by molar-refractivity contribution is -0.123. The Morgan fingerprint density at radius 3 is 2.52 bits per heavy atom. The van der Waals surface area contributed by atoms with Gasteiger partial charge in [-0.3, -0.25) is 4.79 Å². The number of likely N-dealkylation sites (tertiary alicyclic amines) is 1. The van der Waals surface area contributed by atoms with Gasteiger partial charge in [0.25, 0.3) is 0 Å². The summed E-state index contributed by atoms with van der Waals surface area (Å²) in [5, 5.41) is 10.9. The maximum Gasteiger partial charge on any atom is 0.409 e. The number of rotatable bonds is 6. The minimum Gasteiger partial charge on any atom is -0.450 e. The van der Waals surface area contributed by atoms with Crippen LogP contribution in [-0.2, 0) is 16.1 Å². The third kappa shape index (κ3) is 4.91. The van der Waals surface area contributed by atoms with Gasteiger partial charge in [0.05, 0.1) is 12.3 Å². The number of amides is 2. The molecule has 2 amide bonds. The summed E-state index contributed by atoms with van der Waals surface area (Å²) in [6.45, 7) is 5.63. The van der Waals surface area contributed by atoms with Crippen LogP contribution in [0.3, 0.4) is 0 Å². The van der Waals surface area contributed by atoms with Gasteiger partial charge in [0.1, 0.15) is 12.4 Å². The maximum atomic E-state index is 12.3. The average Bonchev–Trinajstić information content (AvgIpc) is 2.94. The molecule has 0 unspecified atom stereocenters. The molecule has 2 atom stereocenters. The molecule has 1 aromatic heterocycles. The second-order valence-corrected chi connectivity index (χ2v) is 7.35. The fraction of sp³-hybridized carbons (Fsp3) is 0.722. The lowest BCUT2D eigenvalue weighted by Gasteiger charge is -2.42. The molecule has 0 spiro atoms. The van der Waals surface area contributed by atoms with E-state index < -0.39 is 0 Å². The molecule has 1 aromatic rings. The Morgan fingerprint density at radius 1 is 1.26 bits per heavy atom. The highest BCUT2D eigenvalue weighted by atomic mass is 16.6. The van der Waals surface area contributed by atoms with Gasteiger partial charge in [-0.1, -0.05) is 0 Å². The first-order valence-corrected chi connectivity index (χ1v) is 9.73. The number of piperidine rings is 1. The number of aromatic nitrogens is 2. The maximum absolute atomic E-state index is 12.3. The fourth-order valence-corrected chi connectivity index (χ4v) is 3.70. The van der Waals surface area contributed by atoms with Crippen LogP contribution in [0.15, 0.2) is 6.07 Å². The van der Waals surface area contributed by atoms with Crippen LogP contribution in [0.5, 0.6) is 0 Å². The number of anilines is 1. The third-order valence-electron chi connectivity index (χ3n) is 5.32. The van der Waals surface area contributed by atoms with Gasteiger partial charge in [0.15, 0.2) is 0 Å². The van der Waals surface area contributed by atoms with Crippen LogP contribution in [0.2, 0.25) is 0 Å². The summed E-state index contributed by atoms with van der Waals surface area (Å²) >= 11 is 0. The van der Waals surface area contributed by atoms with Crippen LogP contribution in [0, 0.1) is 6.92 Å². The molecule has 1 aliphatic heterocycles. The van der Waals surface area contributed by atoms with E-state index in [1.165, 1.54) is 4.68 Å². The molecule has 0 aromatic carbocycles. The van der Waals surface area contributed by atoms with Crippen molar-refractivity contribution in [3.63, 3.8) is 0 Å². The molecule has 2 fully saturated rings. The van der Waals surface area contributed by atoms with Gasteiger partial charge in [-0.05, 0) is 39.5 Å². The van der Waals surface area contributed by atoms with E-state index in [0.717, 1.165) is 31.4 Å². The van der Waals surface area contributed by atoms with Crippen molar-refractivity contribution in [1.82, 2.24) is 25.3 Å². The summed E-state index contributed by atoms with van der Waals surface area (Å²) in [5.74, 6) is 0.428. The number of carbonyl (C=O) groups excluding carboxylic acids is 2. The quantitative estimate of drug-likeness (QED) is 0.669. The molecule has 1 aliphatic carbocycles. The Balaban J connectivity index is 1.40. The molecule has 0 radical (unpaired) electrons. The van der Waals surface area contributed by atoms with Crippen molar-refractivity contribution >= 4 is 17.8 Å². The number of nitrogens with two attached hydrogens (primary N) is 1. The van der Waals surface area contributed by atoms with E-state index in [2.05, 4.69) is 15.7 Å². The Morgan fingerprint density at radius 2 is 1.96 bits per heavy atom. The lowest BCUT2D eigenvalue weighted by atomic mass is 9.85. The molecular formula is C18H30N6O3. The van der Waals surface area contributed by atoms with Crippen LogP contribution in [0.4, 0.5) is 10.6 Å². The van der Waals surface area contributed by atoms with Crippen molar-refractivity contribution in [3.8, 4) is 0 Å². The van der Waals surface area contributed by atoms with Gasteiger partial charge in [-0.2, -0.15) is 5.10 Å². The average molecular weight is 378 g/mol. The van der Waals surface area contributed by atoms with Crippen molar-refractivity contribution in [2.75, 3.05) is 25.4 Å². The molecule has 9 heteroatoms. The lowest BCUT2D eigenvalue weighted by Crippen LogP contribution is -2.60. The highest BCUT2D eigenvalue weighted by molar-refractivity contribution is 5.76. The molecule has 27 heavy (non-hydrogen) atoms. The normalized spacial score (nSPS) is 23.0. The Kier molecular flexibility index (Phi) is 6.20. The summed E-state index contributed by atoms with van der Waals surface area (Å²) in [4.78, 5) is 25.8. The summed E-state index contributed by atoms with van der Waals surface area (Å²) < 4.78 is 6.58. The minimum atomic E-state index is -0.224. The van der Waals surface area contributed by atoms with Crippen molar-refractivity contribution in [2.24, 2.45) is 0 Å². The van der Waals surface area contributed by atoms with Gasteiger partial charge in [0, 0.05) is 37.3 Å². The molecule has 0 bridgehead atoms. The van der Waals surface area contributed by atoms with E-state index in [9.17, 15) is 9.59 Å². The van der Waals surface area contributed by atoms with E-state index in [-0.39, 0.29) is 30.6 Å². The summed E-state index contributed by atoms with van der Waals surface area (Å²) in [6.07, 6.45) is 3.60. The first kappa shape index (κ1) is 19.5. The molecule has 2 aliphatic rings. The number of ether oxygens (including phenoxy) is 1. The van der Waals surface area contributed by atoms with E-state index in [0.29, 0.717) is 31.6 Å². The largest absolute Gasteiger partial charge is 0.450 e. The predicted octanol–water partition coefficient (Wildman–Crippen LogP) is 0.631. The molecular weight excluding hydrogens is 348 g/mol. The smallest absolute Gasteiger partial charge is 0.409 e. The van der Waals surface area contributed by atoms with Crippen LogP contribution in [0.25, 0.3) is 0 Å². The number of hydrogen-bond acceptors (Lipinski definition) is 6. The number of nitrogens with zero attached hydrogens (tertiary/aromatic N) is 3. The summed E-state index contributed by atoms with van der Waals surface area (Å²) in [7, 11) is 0. The highest BCUT2D eigenvalue weighted by Crippen LogP contribution is 2.23. The molecule has 1 saturated carbocycles. The van der Waals surface area contributed by atoms with Crippen molar-refractivity contribution < 1.29 is 14.3 Å². The van der Waals surface area contributed by atoms with Crippen LogP contribution in [-0.4, -0.2) is 64.5 Å². The highest BCUT2D eigenvalue weighted by Gasteiger charge is 2.34. The van der Waals surface area contributed by atoms with Crippen molar-refractivity contribution in [1.29, 1.82) is 0 Å². The van der Waals surface area contributed by atoms with Crippen molar-refractivity contribution in [3.05, 3.63) is 11.8 Å². The first-order valence-electron chi connectivity index (χ1n) is 9.73. The van der Waals surface area contributed by atoms with Gasteiger partial charge in [-0.15, -0.1) is 0 Å². The molecule has 4 N–H and O–H groups in total. The predicted molar refractivity (Wildman–Crippen MR) is 101 cm³/mol. The van der Waals surface area contributed by atoms with E-state index in [1.54, 1.807) is 11.0 Å². The Bertz CT molecular complexity index is 668. The van der Waals surface area contributed by atoms with Gasteiger partial charge in [0.2, 0.25) is 5.91 Å². The van der Waals surface area contributed by atoms with Gasteiger partial charge < -0.3 is 26.0 Å². The molecule has 3 rings (SSSR count). The van der Waals surface area contributed by atoms with E-state index in [4.69, 9.17) is 10.5 Å². The molecule has 2 heterocycles. The van der Waals surface area contributed by atoms with E-state index >= 15 is 0 Å². The standard InChI is InChI=1S/C18H30N6O3/c1-3-27-18(26)23-8-6-13(7-9-23)20-14-4-5-15(14)21-17(25)11-24-16(19)10-12(2)22-24/h10,13-15,20H,3-9,11,19H2,1-2H3,(H,21,25)/t14-,15+/m0/s1. The number of nitrogens with one attached hydrogen (secondary N) is 2. The van der Waals surface area contributed by atoms with Crippen LogP contribution in [0.1, 0.15) is 38.3 Å². The Hall–Kier alpha value is -2.29. The topological polar surface area (TPSA) is 115 Å².